The third-order valence-corrected chi connectivity index (χ3v) is 5.36. The number of halogens is 3. The van der Waals surface area contributed by atoms with E-state index in [1.807, 2.05) is 18.7 Å². The summed E-state index contributed by atoms with van der Waals surface area (Å²) < 4.78 is 15.8. The van der Waals surface area contributed by atoms with Gasteiger partial charge in [-0.3, -0.25) is 0 Å². The lowest BCUT2D eigenvalue weighted by molar-refractivity contribution is 0.488. The summed E-state index contributed by atoms with van der Waals surface area (Å²) in [7, 11) is 0. The van der Waals surface area contributed by atoms with Crippen molar-refractivity contribution in [3.63, 3.8) is 0 Å². The third-order valence-electron chi connectivity index (χ3n) is 3.64. The molecule has 1 aliphatic rings. The minimum Gasteiger partial charge on any atom is -0.326 e. The van der Waals surface area contributed by atoms with Gasteiger partial charge in [-0.2, -0.15) is 11.8 Å². The SMILES string of the molecule is CC(Cl)c1nc2cc(Cl)c(F)cc2n1CC1CCSC1. The van der Waals surface area contributed by atoms with Crippen molar-refractivity contribution in [2.24, 2.45) is 5.92 Å². The first-order valence-electron chi connectivity index (χ1n) is 6.63. The van der Waals surface area contributed by atoms with Crippen LogP contribution in [0.2, 0.25) is 5.02 Å². The predicted octanol–water partition coefficient (Wildman–Crippen LogP) is 4.88. The molecule has 2 nitrogen and oxygen atoms in total. The molecule has 0 bridgehead atoms. The molecular formula is C14H15Cl2FN2S. The molecule has 1 fully saturated rings. The molecule has 3 rings (SSSR count). The summed E-state index contributed by atoms with van der Waals surface area (Å²) in [5.74, 6) is 3.33. The number of alkyl halides is 1. The molecule has 108 valence electrons. The van der Waals surface area contributed by atoms with Crippen molar-refractivity contribution in [1.82, 2.24) is 9.55 Å². The molecule has 0 aliphatic carbocycles. The number of aromatic nitrogens is 2. The van der Waals surface area contributed by atoms with Gasteiger partial charge in [-0.15, -0.1) is 11.6 Å². The number of nitrogens with zero attached hydrogens (tertiary/aromatic N) is 2. The lowest BCUT2D eigenvalue weighted by Gasteiger charge is -2.14. The van der Waals surface area contributed by atoms with E-state index in [1.165, 1.54) is 18.2 Å². The van der Waals surface area contributed by atoms with Gasteiger partial charge in [0.25, 0.3) is 0 Å². The Morgan fingerprint density at radius 3 is 3.00 bits per heavy atom. The second-order valence-corrected chi connectivity index (χ2v) is 7.39. The summed E-state index contributed by atoms with van der Waals surface area (Å²) in [6, 6.07) is 3.05. The molecule has 2 aromatic rings. The van der Waals surface area contributed by atoms with Crippen LogP contribution in [0.25, 0.3) is 11.0 Å². The highest BCUT2D eigenvalue weighted by molar-refractivity contribution is 7.99. The first-order valence-corrected chi connectivity index (χ1v) is 8.60. The van der Waals surface area contributed by atoms with E-state index in [4.69, 9.17) is 23.2 Å². The van der Waals surface area contributed by atoms with Crippen LogP contribution in [0.5, 0.6) is 0 Å². The number of rotatable bonds is 3. The van der Waals surface area contributed by atoms with E-state index in [1.54, 1.807) is 6.07 Å². The van der Waals surface area contributed by atoms with E-state index in [2.05, 4.69) is 9.55 Å². The maximum absolute atomic E-state index is 13.7. The molecule has 2 unspecified atom stereocenters. The normalized spacial score (nSPS) is 20.7. The molecule has 6 heteroatoms. The molecule has 1 aromatic carbocycles. The third kappa shape index (κ3) is 2.66. The number of benzene rings is 1. The summed E-state index contributed by atoms with van der Waals surface area (Å²) in [6.45, 7) is 2.73. The van der Waals surface area contributed by atoms with E-state index in [-0.39, 0.29) is 10.4 Å². The Balaban J connectivity index is 2.10. The van der Waals surface area contributed by atoms with E-state index in [0.717, 1.165) is 23.6 Å². The first kappa shape index (κ1) is 14.5. The number of imidazole rings is 1. The zero-order valence-electron chi connectivity index (χ0n) is 11.1. The lowest BCUT2D eigenvalue weighted by Crippen LogP contribution is -2.13. The minimum atomic E-state index is -0.408. The lowest BCUT2D eigenvalue weighted by atomic mass is 10.1. The zero-order chi connectivity index (χ0) is 14.3. The van der Waals surface area contributed by atoms with Gasteiger partial charge in [0.1, 0.15) is 11.6 Å². The highest BCUT2D eigenvalue weighted by atomic mass is 35.5. The second kappa shape index (κ2) is 5.74. The van der Waals surface area contributed by atoms with E-state index in [0.29, 0.717) is 11.4 Å². The Hall–Kier alpha value is -0.450. The highest BCUT2D eigenvalue weighted by Gasteiger charge is 2.22. The van der Waals surface area contributed by atoms with Crippen LogP contribution < -0.4 is 0 Å². The highest BCUT2D eigenvalue weighted by Crippen LogP contribution is 2.31. The molecule has 1 saturated heterocycles. The van der Waals surface area contributed by atoms with Crippen LogP contribution in [0, 0.1) is 11.7 Å². The van der Waals surface area contributed by atoms with Crippen molar-refractivity contribution in [2.45, 2.75) is 25.3 Å². The summed E-state index contributed by atoms with van der Waals surface area (Å²) in [5, 5.41) is -0.106. The molecule has 0 radical (unpaired) electrons. The molecule has 0 spiro atoms. The van der Waals surface area contributed by atoms with Gasteiger partial charge in [-0.25, -0.2) is 9.37 Å². The monoisotopic (exact) mass is 332 g/mol. The zero-order valence-corrected chi connectivity index (χ0v) is 13.4. The molecule has 2 atom stereocenters. The van der Waals surface area contributed by atoms with Gasteiger partial charge in [-0.05, 0) is 36.8 Å². The Kier molecular flexibility index (Phi) is 4.16. The molecule has 0 N–H and O–H groups in total. The minimum absolute atomic E-state index is 0.104. The smallest absolute Gasteiger partial charge is 0.144 e. The van der Waals surface area contributed by atoms with Crippen LogP contribution in [-0.4, -0.2) is 21.1 Å². The van der Waals surface area contributed by atoms with Crippen LogP contribution in [0.15, 0.2) is 12.1 Å². The van der Waals surface area contributed by atoms with E-state index in [9.17, 15) is 4.39 Å². The fourth-order valence-electron chi connectivity index (χ4n) is 2.62. The summed E-state index contributed by atoms with van der Waals surface area (Å²) in [4.78, 5) is 4.53. The first-order chi connectivity index (χ1) is 9.56. The van der Waals surface area contributed by atoms with Gasteiger partial charge in [0.2, 0.25) is 0 Å². The van der Waals surface area contributed by atoms with Crippen molar-refractivity contribution in [2.75, 3.05) is 11.5 Å². The van der Waals surface area contributed by atoms with Crippen molar-refractivity contribution >= 4 is 46.0 Å². The molecular weight excluding hydrogens is 318 g/mol. The van der Waals surface area contributed by atoms with Crippen LogP contribution in [0.4, 0.5) is 4.39 Å². The maximum atomic E-state index is 13.7. The number of fused-ring (bicyclic) bond motifs is 1. The van der Waals surface area contributed by atoms with E-state index < -0.39 is 5.82 Å². The fourth-order valence-corrected chi connectivity index (χ4v) is 4.22. The van der Waals surface area contributed by atoms with Crippen LogP contribution in [-0.2, 0) is 6.54 Å². The fraction of sp³-hybridized carbons (Fsp3) is 0.500. The number of thioether (sulfide) groups is 1. The van der Waals surface area contributed by atoms with Crippen molar-refractivity contribution in [1.29, 1.82) is 0 Å². The molecule has 2 heterocycles. The molecule has 0 saturated carbocycles. The number of hydrogen-bond donors (Lipinski definition) is 0. The van der Waals surface area contributed by atoms with Gasteiger partial charge < -0.3 is 4.57 Å². The van der Waals surface area contributed by atoms with E-state index >= 15 is 0 Å². The van der Waals surface area contributed by atoms with Gasteiger partial charge in [0, 0.05) is 12.6 Å². The quantitative estimate of drug-likeness (QED) is 0.745. The number of hydrogen-bond acceptors (Lipinski definition) is 2. The topological polar surface area (TPSA) is 17.8 Å². The molecule has 1 aliphatic heterocycles. The summed E-state index contributed by atoms with van der Waals surface area (Å²) in [5.41, 5.74) is 1.50. The summed E-state index contributed by atoms with van der Waals surface area (Å²) >= 11 is 14.0. The van der Waals surface area contributed by atoms with Gasteiger partial charge in [0.05, 0.1) is 21.4 Å². The Bertz CT molecular complexity index is 636. The Labute approximate surface area is 131 Å². The largest absolute Gasteiger partial charge is 0.326 e. The average molecular weight is 333 g/mol. The molecule has 0 amide bonds. The van der Waals surface area contributed by atoms with Crippen molar-refractivity contribution in [3.8, 4) is 0 Å². The van der Waals surface area contributed by atoms with Gasteiger partial charge in [0.15, 0.2) is 0 Å². The van der Waals surface area contributed by atoms with Crippen LogP contribution in [0.1, 0.15) is 24.5 Å². The van der Waals surface area contributed by atoms with Crippen molar-refractivity contribution < 1.29 is 4.39 Å². The maximum Gasteiger partial charge on any atom is 0.144 e. The summed E-state index contributed by atoms with van der Waals surface area (Å²) in [6.07, 6.45) is 1.19. The van der Waals surface area contributed by atoms with Crippen molar-refractivity contribution in [3.05, 3.63) is 28.8 Å². The predicted molar refractivity (Wildman–Crippen MR) is 84.4 cm³/mol. The average Bonchev–Trinajstić information content (AvgIpc) is 3.00. The second-order valence-electron chi connectivity index (χ2n) is 5.18. The molecule has 1 aromatic heterocycles. The van der Waals surface area contributed by atoms with Gasteiger partial charge in [-0.1, -0.05) is 11.6 Å². The van der Waals surface area contributed by atoms with Gasteiger partial charge >= 0.3 is 0 Å². The van der Waals surface area contributed by atoms with Crippen LogP contribution in [0.3, 0.4) is 0 Å². The Morgan fingerprint density at radius 2 is 2.35 bits per heavy atom. The van der Waals surface area contributed by atoms with Crippen LogP contribution >= 0.6 is 35.0 Å². The molecule has 20 heavy (non-hydrogen) atoms. The standard InChI is InChI=1S/C14H15Cl2FN2S/c1-8(15)14-18-12-4-10(16)11(17)5-13(12)19(14)6-9-2-3-20-7-9/h4-5,8-9H,2-3,6-7H2,1H3. The Morgan fingerprint density at radius 1 is 1.55 bits per heavy atom.